The Balaban J connectivity index is 2.38. The molecule has 1 nitrogen and oxygen atoms in total. The molecule has 0 N–H and O–H groups in total. The van der Waals surface area contributed by atoms with Crippen LogP contribution < -0.4 is 0 Å². The smallest absolute Gasteiger partial charge is 0.0599 e. The SMILES string of the molecule is CC(OC1CCC(C(C)(C)C)CC1)C(C)(C)C. The zero-order valence-corrected chi connectivity index (χ0v) is 13.0. The van der Waals surface area contributed by atoms with E-state index in [4.69, 9.17) is 4.74 Å². The summed E-state index contributed by atoms with van der Waals surface area (Å²) in [5.41, 5.74) is 0.738. The lowest BCUT2D eigenvalue weighted by molar-refractivity contribution is -0.0782. The second-order valence-corrected chi connectivity index (χ2v) is 7.98. The lowest BCUT2D eigenvalue weighted by atomic mass is 9.72. The first kappa shape index (κ1) is 15.0. The van der Waals surface area contributed by atoms with Gasteiger partial charge in [0.15, 0.2) is 0 Å². The minimum atomic E-state index is 0.265. The van der Waals surface area contributed by atoms with Crippen molar-refractivity contribution in [2.45, 2.75) is 86.4 Å². The maximum absolute atomic E-state index is 6.22. The van der Waals surface area contributed by atoms with Gasteiger partial charge in [0, 0.05) is 0 Å². The van der Waals surface area contributed by atoms with Crippen molar-refractivity contribution in [3.8, 4) is 0 Å². The van der Waals surface area contributed by atoms with Crippen LogP contribution in [0.15, 0.2) is 0 Å². The van der Waals surface area contributed by atoms with E-state index in [2.05, 4.69) is 48.5 Å². The van der Waals surface area contributed by atoms with Gasteiger partial charge in [-0.15, -0.1) is 0 Å². The lowest BCUT2D eigenvalue weighted by Gasteiger charge is -2.39. The molecule has 0 bridgehead atoms. The van der Waals surface area contributed by atoms with Crippen molar-refractivity contribution in [3.05, 3.63) is 0 Å². The summed E-state index contributed by atoms with van der Waals surface area (Å²) in [6, 6.07) is 0. The Morgan fingerprint density at radius 3 is 1.71 bits per heavy atom. The van der Waals surface area contributed by atoms with Gasteiger partial charge in [-0.2, -0.15) is 0 Å². The van der Waals surface area contributed by atoms with Gasteiger partial charge in [0.25, 0.3) is 0 Å². The molecule has 1 aliphatic carbocycles. The summed E-state index contributed by atoms with van der Waals surface area (Å²) in [5, 5.41) is 0. The van der Waals surface area contributed by atoms with Crippen LogP contribution >= 0.6 is 0 Å². The predicted octanol–water partition coefficient (Wildman–Crippen LogP) is 5.04. The highest BCUT2D eigenvalue weighted by atomic mass is 16.5. The van der Waals surface area contributed by atoms with Gasteiger partial charge in [0.05, 0.1) is 12.2 Å². The fourth-order valence-electron chi connectivity index (χ4n) is 2.56. The summed E-state index contributed by atoms with van der Waals surface area (Å²) in [6.45, 7) is 16.1. The van der Waals surface area contributed by atoms with Gasteiger partial charge in [0.1, 0.15) is 0 Å². The molecule has 102 valence electrons. The molecule has 1 saturated carbocycles. The molecule has 0 aromatic heterocycles. The van der Waals surface area contributed by atoms with E-state index >= 15 is 0 Å². The first-order valence-corrected chi connectivity index (χ1v) is 7.26. The molecule has 1 fully saturated rings. The molecule has 1 aliphatic rings. The van der Waals surface area contributed by atoms with E-state index in [0.717, 1.165) is 5.92 Å². The fourth-order valence-corrected chi connectivity index (χ4v) is 2.56. The van der Waals surface area contributed by atoms with E-state index in [9.17, 15) is 0 Å². The van der Waals surface area contributed by atoms with E-state index in [1.165, 1.54) is 25.7 Å². The van der Waals surface area contributed by atoms with Gasteiger partial charge in [-0.05, 0) is 49.4 Å². The van der Waals surface area contributed by atoms with Crippen molar-refractivity contribution in [1.29, 1.82) is 0 Å². The molecule has 1 atom stereocenters. The number of hydrogen-bond donors (Lipinski definition) is 0. The van der Waals surface area contributed by atoms with E-state index in [-0.39, 0.29) is 5.41 Å². The molecule has 1 unspecified atom stereocenters. The molecule has 0 heterocycles. The third-order valence-corrected chi connectivity index (χ3v) is 4.52. The summed E-state index contributed by atoms with van der Waals surface area (Å²) in [7, 11) is 0. The average molecular weight is 240 g/mol. The van der Waals surface area contributed by atoms with Crippen LogP contribution in [-0.4, -0.2) is 12.2 Å². The standard InChI is InChI=1S/C16H32O/c1-12(15(2,3)4)17-14-10-8-13(9-11-14)16(5,6)7/h12-14H,8-11H2,1-7H3. The van der Waals surface area contributed by atoms with Gasteiger partial charge in [0.2, 0.25) is 0 Å². The zero-order chi connectivity index (χ0) is 13.3. The molecule has 0 aromatic carbocycles. The second kappa shape index (κ2) is 5.30. The number of ether oxygens (including phenoxy) is 1. The van der Waals surface area contributed by atoms with Crippen molar-refractivity contribution in [2.24, 2.45) is 16.7 Å². The maximum atomic E-state index is 6.22. The van der Waals surface area contributed by atoms with Gasteiger partial charge in [-0.1, -0.05) is 41.5 Å². The van der Waals surface area contributed by atoms with E-state index < -0.39 is 0 Å². The van der Waals surface area contributed by atoms with Crippen LogP contribution in [0.1, 0.15) is 74.1 Å². The molecule has 1 rings (SSSR count). The topological polar surface area (TPSA) is 9.23 Å². The van der Waals surface area contributed by atoms with Crippen molar-refractivity contribution in [2.75, 3.05) is 0 Å². The van der Waals surface area contributed by atoms with Gasteiger partial charge in [-0.3, -0.25) is 0 Å². The molecular formula is C16H32O. The number of rotatable bonds is 2. The summed E-state index contributed by atoms with van der Waals surface area (Å²) in [4.78, 5) is 0. The highest BCUT2D eigenvalue weighted by Crippen LogP contribution is 2.39. The van der Waals surface area contributed by atoms with E-state index in [0.29, 0.717) is 17.6 Å². The van der Waals surface area contributed by atoms with Crippen LogP contribution in [0.25, 0.3) is 0 Å². The Morgan fingerprint density at radius 1 is 0.882 bits per heavy atom. The van der Waals surface area contributed by atoms with Crippen LogP contribution in [0, 0.1) is 16.7 Å². The first-order valence-electron chi connectivity index (χ1n) is 7.26. The Labute approximate surface area is 108 Å². The highest BCUT2D eigenvalue weighted by Gasteiger charge is 2.32. The lowest BCUT2D eigenvalue weighted by Crippen LogP contribution is -2.34. The van der Waals surface area contributed by atoms with Crippen molar-refractivity contribution in [3.63, 3.8) is 0 Å². The average Bonchev–Trinajstić information content (AvgIpc) is 2.15. The van der Waals surface area contributed by atoms with Gasteiger partial charge in [-0.25, -0.2) is 0 Å². The molecular weight excluding hydrogens is 208 g/mol. The third-order valence-electron chi connectivity index (χ3n) is 4.52. The van der Waals surface area contributed by atoms with Crippen LogP contribution in [0.2, 0.25) is 0 Å². The van der Waals surface area contributed by atoms with Gasteiger partial charge < -0.3 is 4.74 Å². The zero-order valence-electron chi connectivity index (χ0n) is 13.0. The molecule has 0 spiro atoms. The number of hydrogen-bond acceptors (Lipinski definition) is 1. The molecule has 1 heteroatoms. The minimum Gasteiger partial charge on any atom is -0.375 e. The largest absolute Gasteiger partial charge is 0.375 e. The second-order valence-electron chi connectivity index (χ2n) is 7.98. The van der Waals surface area contributed by atoms with E-state index in [1.54, 1.807) is 0 Å². The molecule has 0 aliphatic heterocycles. The summed E-state index contributed by atoms with van der Waals surface area (Å²) in [5.74, 6) is 0.882. The molecule has 0 amide bonds. The third kappa shape index (κ3) is 4.62. The Bertz CT molecular complexity index is 223. The maximum Gasteiger partial charge on any atom is 0.0599 e. The predicted molar refractivity (Wildman–Crippen MR) is 75.2 cm³/mol. The van der Waals surface area contributed by atoms with Crippen molar-refractivity contribution < 1.29 is 4.74 Å². The summed E-state index contributed by atoms with van der Waals surface area (Å²) >= 11 is 0. The Hall–Kier alpha value is -0.0400. The minimum absolute atomic E-state index is 0.265. The van der Waals surface area contributed by atoms with Crippen molar-refractivity contribution in [1.82, 2.24) is 0 Å². The first-order chi connectivity index (χ1) is 7.60. The van der Waals surface area contributed by atoms with Crippen LogP contribution in [-0.2, 0) is 4.74 Å². The Kier molecular flexibility index (Phi) is 4.68. The van der Waals surface area contributed by atoms with Crippen molar-refractivity contribution >= 4 is 0 Å². The summed E-state index contributed by atoms with van der Waals surface area (Å²) < 4.78 is 6.22. The normalized spacial score (nSPS) is 29.1. The quantitative estimate of drug-likeness (QED) is 0.657. The molecule has 0 saturated heterocycles. The molecule has 0 aromatic rings. The van der Waals surface area contributed by atoms with Gasteiger partial charge >= 0.3 is 0 Å². The van der Waals surface area contributed by atoms with Crippen LogP contribution in [0.4, 0.5) is 0 Å². The Morgan fingerprint density at radius 2 is 1.35 bits per heavy atom. The summed E-state index contributed by atoms with van der Waals surface area (Å²) in [6.07, 6.45) is 6.04. The van der Waals surface area contributed by atoms with E-state index in [1.807, 2.05) is 0 Å². The van der Waals surface area contributed by atoms with Crippen LogP contribution in [0.5, 0.6) is 0 Å². The monoisotopic (exact) mass is 240 g/mol. The fraction of sp³-hybridized carbons (Fsp3) is 1.00. The van der Waals surface area contributed by atoms with Crippen LogP contribution in [0.3, 0.4) is 0 Å². The molecule has 17 heavy (non-hydrogen) atoms. The molecule has 0 radical (unpaired) electrons. The highest BCUT2D eigenvalue weighted by molar-refractivity contribution is 4.82.